The molecule has 0 fully saturated rings. The summed E-state index contributed by atoms with van der Waals surface area (Å²) in [5, 5.41) is 23.1. The Bertz CT molecular complexity index is 723. The van der Waals surface area contributed by atoms with Crippen molar-refractivity contribution < 1.29 is 29.4 Å². The smallest absolute Gasteiger partial charge is 0.326 e. The number of carbonyl (C=O) groups is 4. The first-order chi connectivity index (χ1) is 13.0. The van der Waals surface area contributed by atoms with E-state index in [2.05, 4.69) is 10.6 Å². The van der Waals surface area contributed by atoms with E-state index in [1.807, 2.05) is 0 Å². The van der Waals surface area contributed by atoms with Crippen molar-refractivity contribution in [3.8, 4) is 0 Å². The van der Waals surface area contributed by atoms with Crippen molar-refractivity contribution in [2.24, 2.45) is 11.7 Å². The van der Waals surface area contributed by atoms with Gasteiger partial charge in [-0.3, -0.25) is 14.4 Å². The number of hydrogen-bond acceptors (Lipinski definition) is 5. The Labute approximate surface area is 167 Å². The van der Waals surface area contributed by atoms with Crippen molar-refractivity contribution in [1.29, 1.82) is 0 Å². The fourth-order valence-electron chi connectivity index (χ4n) is 2.39. The second-order valence-electron chi connectivity index (χ2n) is 6.59. The van der Waals surface area contributed by atoms with E-state index in [1.165, 1.54) is 0 Å². The van der Waals surface area contributed by atoms with Gasteiger partial charge >= 0.3 is 11.9 Å². The van der Waals surface area contributed by atoms with Crippen LogP contribution in [-0.4, -0.2) is 46.0 Å². The van der Waals surface area contributed by atoms with Gasteiger partial charge in [-0.25, -0.2) is 4.79 Å². The van der Waals surface area contributed by atoms with Gasteiger partial charge in [0.2, 0.25) is 11.8 Å². The minimum absolute atomic E-state index is 0.278. The number of carboxylic acid groups (broad SMARTS) is 2. The zero-order chi connectivity index (χ0) is 21.4. The quantitative estimate of drug-likeness (QED) is 0.381. The zero-order valence-corrected chi connectivity index (χ0v) is 16.3. The molecule has 0 saturated heterocycles. The summed E-state index contributed by atoms with van der Waals surface area (Å²) in [6, 6.07) is 2.86. The molecule has 1 unspecified atom stereocenters. The van der Waals surface area contributed by atoms with Crippen molar-refractivity contribution in [3.05, 3.63) is 34.9 Å². The highest BCUT2D eigenvalue weighted by molar-refractivity contribution is 6.30. The molecule has 3 atom stereocenters. The highest BCUT2D eigenvalue weighted by Gasteiger charge is 2.30. The van der Waals surface area contributed by atoms with E-state index in [9.17, 15) is 24.3 Å². The summed E-state index contributed by atoms with van der Waals surface area (Å²) < 4.78 is 0. The normalized spacial score (nSPS) is 14.0. The molecule has 1 aromatic rings. The van der Waals surface area contributed by atoms with E-state index in [0.717, 1.165) is 0 Å². The number of carboxylic acids is 2. The Morgan fingerprint density at radius 2 is 1.61 bits per heavy atom. The number of halogens is 1. The number of carbonyl (C=O) groups excluding carboxylic acids is 2. The molecule has 0 aliphatic carbocycles. The lowest BCUT2D eigenvalue weighted by molar-refractivity contribution is -0.143. The molecule has 0 aromatic heterocycles. The Hall–Kier alpha value is -2.65. The van der Waals surface area contributed by atoms with Crippen LogP contribution in [0.1, 0.15) is 38.3 Å². The van der Waals surface area contributed by atoms with Crippen LogP contribution in [0, 0.1) is 5.92 Å². The molecule has 0 aliphatic heterocycles. The molecular formula is C18H24ClN3O6. The van der Waals surface area contributed by atoms with Gasteiger partial charge in [-0.2, -0.15) is 0 Å². The van der Waals surface area contributed by atoms with Crippen LogP contribution in [0.3, 0.4) is 0 Å². The van der Waals surface area contributed by atoms with Crippen molar-refractivity contribution in [3.63, 3.8) is 0 Å². The third-order valence-electron chi connectivity index (χ3n) is 4.02. The third-order valence-corrected chi connectivity index (χ3v) is 4.27. The van der Waals surface area contributed by atoms with E-state index in [1.54, 1.807) is 38.1 Å². The van der Waals surface area contributed by atoms with Crippen LogP contribution in [0.15, 0.2) is 24.3 Å². The maximum absolute atomic E-state index is 12.5. The van der Waals surface area contributed by atoms with Crippen LogP contribution in [0.2, 0.25) is 5.02 Å². The molecule has 0 aliphatic rings. The Balaban J connectivity index is 2.83. The molecule has 1 rings (SSSR count). The summed E-state index contributed by atoms with van der Waals surface area (Å²) in [6.45, 7) is 3.34. The minimum Gasteiger partial charge on any atom is -0.481 e. The standard InChI is InChI=1S/C18H24ClN3O6/c1-9(2)15(17(26)21-12(18(27)28)7-8-13(23)24)22-16(25)14(20)10-3-5-11(19)6-4-10/h3-6,9,12,14-15H,7-8,20H2,1-2H3,(H,21,26)(H,22,25)(H,23,24)(H,27,28)/t12-,14?,15+/m1/s1. The number of rotatable bonds is 10. The lowest BCUT2D eigenvalue weighted by Gasteiger charge is -2.25. The van der Waals surface area contributed by atoms with Gasteiger partial charge in [0.25, 0.3) is 0 Å². The SMILES string of the molecule is CC(C)[C@H](NC(=O)C(N)c1ccc(Cl)cc1)C(=O)N[C@H](CCC(=O)O)C(=O)O. The summed E-state index contributed by atoms with van der Waals surface area (Å²) in [7, 11) is 0. The van der Waals surface area contributed by atoms with Gasteiger partial charge in [-0.05, 0) is 30.0 Å². The van der Waals surface area contributed by atoms with Crippen molar-refractivity contribution in [2.75, 3.05) is 0 Å². The van der Waals surface area contributed by atoms with Crippen LogP contribution in [0.25, 0.3) is 0 Å². The molecule has 0 saturated carbocycles. The van der Waals surface area contributed by atoms with Crippen LogP contribution >= 0.6 is 11.6 Å². The monoisotopic (exact) mass is 413 g/mol. The maximum Gasteiger partial charge on any atom is 0.326 e. The molecule has 28 heavy (non-hydrogen) atoms. The third kappa shape index (κ3) is 7.16. The van der Waals surface area contributed by atoms with Gasteiger partial charge in [0.15, 0.2) is 0 Å². The molecule has 10 heteroatoms. The van der Waals surface area contributed by atoms with Crippen LogP contribution in [0.4, 0.5) is 0 Å². The number of nitrogens with two attached hydrogens (primary N) is 1. The fraction of sp³-hybridized carbons (Fsp3) is 0.444. The average Bonchev–Trinajstić information content (AvgIpc) is 2.61. The van der Waals surface area contributed by atoms with Crippen LogP contribution in [-0.2, 0) is 19.2 Å². The van der Waals surface area contributed by atoms with Crippen molar-refractivity contribution in [2.45, 2.75) is 44.8 Å². The van der Waals surface area contributed by atoms with Crippen LogP contribution in [0.5, 0.6) is 0 Å². The molecule has 2 amide bonds. The highest BCUT2D eigenvalue weighted by atomic mass is 35.5. The molecule has 0 spiro atoms. The van der Waals surface area contributed by atoms with Crippen molar-refractivity contribution in [1.82, 2.24) is 10.6 Å². The first kappa shape index (κ1) is 23.4. The molecular weight excluding hydrogens is 390 g/mol. The van der Waals surface area contributed by atoms with Gasteiger partial charge in [-0.15, -0.1) is 0 Å². The zero-order valence-electron chi connectivity index (χ0n) is 15.5. The molecule has 154 valence electrons. The lowest BCUT2D eigenvalue weighted by Crippen LogP contribution is -2.55. The fourth-order valence-corrected chi connectivity index (χ4v) is 2.51. The van der Waals surface area contributed by atoms with E-state index >= 15 is 0 Å². The van der Waals surface area contributed by atoms with Gasteiger partial charge in [0.05, 0.1) is 0 Å². The van der Waals surface area contributed by atoms with Gasteiger partial charge in [0.1, 0.15) is 18.1 Å². The predicted molar refractivity (Wildman–Crippen MR) is 102 cm³/mol. The highest BCUT2D eigenvalue weighted by Crippen LogP contribution is 2.16. The van der Waals surface area contributed by atoms with Gasteiger partial charge in [-0.1, -0.05) is 37.6 Å². The summed E-state index contributed by atoms with van der Waals surface area (Å²) in [5.41, 5.74) is 6.42. The minimum atomic E-state index is -1.38. The largest absolute Gasteiger partial charge is 0.481 e. The van der Waals surface area contributed by atoms with E-state index < -0.39 is 48.3 Å². The maximum atomic E-state index is 12.5. The second-order valence-corrected chi connectivity index (χ2v) is 7.03. The molecule has 1 aromatic carbocycles. The molecule has 0 bridgehead atoms. The summed E-state index contributed by atoms with van der Waals surface area (Å²) in [4.78, 5) is 46.8. The summed E-state index contributed by atoms with van der Waals surface area (Å²) in [5.74, 6) is -4.25. The predicted octanol–water partition coefficient (Wildman–Crippen LogP) is 0.915. The molecule has 0 heterocycles. The summed E-state index contributed by atoms with van der Waals surface area (Å²) >= 11 is 5.80. The van der Waals surface area contributed by atoms with E-state index in [0.29, 0.717) is 10.6 Å². The van der Waals surface area contributed by atoms with Gasteiger partial charge < -0.3 is 26.6 Å². The number of amides is 2. The van der Waals surface area contributed by atoms with E-state index in [-0.39, 0.29) is 12.3 Å². The molecule has 0 radical (unpaired) electrons. The second kappa shape index (κ2) is 10.6. The lowest BCUT2D eigenvalue weighted by atomic mass is 10.0. The first-order valence-corrected chi connectivity index (χ1v) is 8.97. The van der Waals surface area contributed by atoms with Crippen molar-refractivity contribution >= 4 is 35.4 Å². The summed E-state index contributed by atoms with van der Waals surface area (Å²) in [6.07, 6.45) is -0.698. The number of nitrogens with one attached hydrogen (secondary N) is 2. The van der Waals surface area contributed by atoms with Crippen LogP contribution < -0.4 is 16.4 Å². The van der Waals surface area contributed by atoms with Gasteiger partial charge in [0, 0.05) is 11.4 Å². The first-order valence-electron chi connectivity index (χ1n) is 8.59. The topological polar surface area (TPSA) is 159 Å². The Morgan fingerprint density at radius 3 is 2.07 bits per heavy atom. The number of aliphatic carboxylic acids is 2. The van der Waals surface area contributed by atoms with E-state index in [4.69, 9.17) is 22.4 Å². The Morgan fingerprint density at radius 1 is 1.04 bits per heavy atom. The Kier molecular flexibility index (Phi) is 8.87. The average molecular weight is 414 g/mol. The number of benzene rings is 1. The molecule has 6 N–H and O–H groups in total. The number of hydrogen-bond donors (Lipinski definition) is 5. The molecule has 9 nitrogen and oxygen atoms in total.